The van der Waals surface area contributed by atoms with Gasteiger partial charge in [-0.05, 0) is 31.5 Å². The van der Waals surface area contributed by atoms with Crippen LogP contribution in [0.5, 0.6) is 0 Å². The van der Waals surface area contributed by atoms with Crippen molar-refractivity contribution in [3.05, 3.63) is 60.2 Å². The molecule has 0 bridgehead atoms. The van der Waals surface area contributed by atoms with Crippen molar-refractivity contribution in [2.45, 2.75) is 24.8 Å². The molecule has 0 saturated heterocycles. The molecule has 0 aliphatic rings. The summed E-state index contributed by atoms with van der Waals surface area (Å²) in [5.41, 5.74) is 6.98. The molecular formula is C20H25N3O2S. The topological polar surface area (TPSA) is 75.4 Å². The molecule has 2 amide bonds. The monoisotopic (exact) mass is 371 g/mol. The van der Waals surface area contributed by atoms with Gasteiger partial charge in [0.05, 0.1) is 5.75 Å². The zero-order valence-electron chi connectivity index (χ0n) is 15.1. The predicted molar refractivity (Wildman–Crippen MR) is 107 cm³/mol. The molecule has 6 heteroatoms. The number of nitrogens with zero attached hydrogens (tertiary/aromatic N) is 1. The van der Waals surface area contributed by atoms with Gasteiger partial charge in [0.1, 0.15) is 6.04 Å². The number of benzene rings is 2. The van der Waals surface area contributed by atoms with E-state index >= 15 is 0 Å². The van der Waals surface area contributed by atoms with Crippen LogP contribution in [-0.2, 0) is 9.59 Å². The molecule has 0 aliphatic heterocycles. The summed E-state index contributed by atoms with van der Waals surface area (Å²) in [5, 5.41) is 3.37. The van der Waals surface area contributed by atoms with Crippen molar-refractivity contribution in [2.75, 3.05) is 24.2 Å². The van der Waals surface area contributed by atoms with Crippen molar-refractivity contribution in [1.82, 2.24) is 4.90 Å². The number of likely N-dealkylation sites (N-methyl/N-ethyl adjacent to an activating group) is 1. The van der Waals surface area contributed by atoms with Gasteiger partial charge < -0.3 is 16.0 Å². The molecule has 0 aromatic heterocycles. The molecule has 26 heavy (non-hydrogen) atoms. The first-order chi connectivity index (χ1) is 12.6. The van der Waals surface area contributed by atoms with Gasteiger partial charge in [0, 0.05) is 23.7 Å². The normalized spacial score (nSPS) is 11.6. The summed E-state index contributed by atoms with van der Waals surface area (Å²) in [6, 6.07) is 16.8. The van der Waals surface area contributed by atoms with E-state index in [9.17, 15) is 9.59 Å². The van der Waals surface area contributed by atoms with E-state index in [2.05, 4.69) is 5.32 Å². The van der Waals surface area contributed by atoms with Gasteiger partial charge in [-0.3, -0.25) is 9.59 Å². The second kappa shape index (κ2) is 9.87. The number of carbonyl (C=O) groups excluding carboxylic acids is 2. The second-order valence-corrected chi connectivity index (χ2v) is 6.77. The SMILES string of the molecule is CCN(CC)C(=O)[C@H](Nc1ccccc1SCC(N)=O)c1ccccc1. The largest absolute Gasteiger partial charge is 0.369 e. The van der Waals surface area contributed by atoms with Gasteiger partial charge in [0.15, 0.2) is 0 Å². The van der Waals surface area contributed by atoms with Gasteiger partial charge in [-0.1, -0.05) is 42.5 Å². The number of nitrogens with one attached hydrogen (secondary N) is 1. The third-order valence-electron chi connectivity index (χ3n) is 4.01. The molecule has 0 spiro atoms. The Balaban J connectivity index is 2.33. The van der Waals surface area contributed by atoms with Crippen LogP contribution >= 0.6 is 11.8 Å². The van der Waals surface area contributed by atoms with Gasteiger partial charge >= 0.3 is 0 Å². The molecule has 0 aliphatic carbocycles. The summed E-state index contributed by atoms with van der Waals surface area (Å²) in [4.78, 5) is 26.9. The van der Waals surface area contributed by atoms with Gasteiger partial charge in [-0.2, -0.15) is 0 Å². The molecule has 138 valence electrons. The third-order valence-corrected chi connectivity index (χ3v) is 5.11. The number of nitrogens with two attached hydrogens (primary N) is 1. The van der Waals surface area contributed by atoms with E-state index in [-0.39, 0.29) is 17.6 Å². The molecule has 0 unspecified atom stereocenters. The summed E-state index contributed by atoms with van der Waals surface area (Å²) in [7, 11) is 0. The summed E-state index contributed by atoms with van der Waals surface area (Å²) >= 11 is 1.36. The van der Waals surface area contributed by atoms with E-state index in [1.165, 1.54) is 11.8 Å². The number of hydrogen-bond donors (Lipinski definition) is 2. The van der Waals surface area contributed by atoms with Gasteiger partial charge in [-0.15, -0.1) is 11.8 Å². The number of carbonyl (C=O) groups is 2. The number of primary amides is 1. The van der Waals surface area contributed by atoms with Crippen LogP contribution in [0.2, 0.25) is 0 Å². The molecule has 0 heterocycles. The molecule has 2 rings (SSSR count). The van der Waals surface area contributed by atoms with Crippen molar-refractivity contribution in [2.24, 2.45) is 5.73 Å². The summed E-state index contributed by atoms with van der Waals surface area (Å²) in [5.74, 6) is -0.155. The average molecular weight is 372 g/mol. The van der Waals surface area contributed by atoms with Gasteiger partial charge in [0.2, 0.25) is 11.8 Å². The van der Waals surface area contributed by atoms with E-state index in [4.69, 9.17) is 5.73 Å². The lowest BCUT2D eigenvalue weighted by Gasteiger charge is -2.27. The maximum absolute atomic E-state index is 13.1. The molecular weight excluding hydrogens is 346 g/mol. The van der Waals surface area contributed by atoms with Crippen molar-refractivity contribution in [3.63, 3.8) is 0 Å². The van der Waals surface area contributed by atoms with Gasteiger partial charge in [-0.25, -0.2) is 0 Å². The zero-order valence-corrected chi connectivity index (χ0v) is 16.0. The smallest absolute Gasteiger partial charge is 0.249 e. The zero-order chi connectivity index (χ0) is 18.9. The highest BCUT2D eigenvalue weighted by Gasteiger charge is 2.25. The van der Waals surface area contributed by atoms with Crippen LogP contribution in [0.1, 0.15) is 25.5 Å². The molecule has 2 aromatic rings. The summed E-state index contributed by atoms with van der Waals surface area (Å²) < 4.78 is 0. The Labute approximate surface area is 159 Å². The average Bonchev–Trinajstić information content (AvgIpc) is 2.66. The quantitative estimate of drug-likeness (QED) is 0.663. The fraction of sp³-hybridized carbons (Fsp3) is 0.300. The third kappa shape index (κ3) is 5.26. The number of anilines is 1. The minimum atomic E-state index is -0.494. The van der Waals surface area contributed by atoms with E-state index in [0.29, 0.717) is 13.1 Å². The van der Waals surface area contributed by atoms with Crippen molar-refractivity contribution < 1.29 is 9.59 Å². The van der Waals surface area contributed by atoms with Crippen LogP contribution in [0.3, 0.4) is 0 Å². The first kappa shape index (κ1) is 19.8. The van der Waals surface area contributed by atoms with E-state index < -0.39 is 6.04 Å². The highest BCUT2D eigenvalue weighted by atomic mass is 32.2. The number of amides is 2. The molecule has 1 atom stereocenters. The molecule has 0 fully saturated rings. The minimum absolute atomic E-state index is 0.0240. The van der Waals surface area contributed by atoms with E-state index in [1.54, 1.807) is 0 Å². The van der Waals surface area contributed by atoms with Crippen molar-refractivity contribution >= 4 is 29.3 Å². The van der Waals surface area contributed by atoms with Crippen LogP contribution in [0.25, 0.3) is 0 Å². The second-order valence-electron chi connectivity index (χ2n) is 5.75. The highest BCUT2D eigenvalue weighted by Crippen LogP contribution is 2.30. The Morgan fingerprint density at radius 1 is 1.04 bits per heavy atom. The minimum Gasteiger partial charge on any atom is -0.369 e. The fourth-order valence-corrected chi connectivity index (χ4v) is 3.42. The molecule has 3 N–H and O–H groups in total. The summed E-state index contributed by atoms with van der Waals surface area (Å²) in [6.45, 7) is 5.25. The first-order valence-electron chi connectivity index (χ1n) is 8.67. The number of rotatable bonds is 9. The Bertz CT molecular complexity index is 733. The Morgan fingerprint density at radius 2 is 1.65 bits per heavy atom. The lowest BCUT2D eigenvalue weighted by Crippen LogP contribution is -2.37. The number of thioether (sulfide) groups is 1. The number of hydrogen-bond acceptors (Lipinski definition) is 4. The van der Waals surface area contributed by atoms with Crippen LogP contribution in [0.15, 0.2) is 59.5 Å². The van der Waals surface area contributed by atoms with E-state index in [0.717, 1.165) is 16.1 Å². The molecule has 0 saturated carbocycles. The van der Waals surface area contributed by atoms with Crippen LogP contribution in [0.4, 0.5) is 5.69 Å². The Hall–Kier alpha value is -2.47. The molecule has 5 nitrogen and oxygen atoms in total. The summed E-state index contributed by atoms with van der Waals surface area (Å²) in [6.07, 6.45) is 0. The number of para-hydroxylation sites is 1. The standard InChI is InChI=1S/C20H25N3O2S/c1-3-23(4-2)20(25)19(15-10-6-5-7-11-15)22-16-12-8-9-13-17(16)26-14-18(21)24/h5-13,19,22H,3-4,14H2,1-2H3,(H2,21,24)/t19-/m1/s1. The lowest BCUT2D eigenvalue weighted by molar-refractivity contribution is -0.131. The van der Waals surface area contributed by atoms with Crippen LogP contribution in [0, 0.1) is 0 Å². The fourth-order valence-electron chi connectivity index (χ4n) is 2.67. The molecule has 0 radical (unpaired) electrons. The highest BCUT2D eigenvalue weighted by molar-refractivity contribution is 8.00. The lowest BCUT2D eigenvalue weighted by atomic mass is 10.0. The van der Waals surface area contributed by atoms with Crippen LogP contribution < -0.4 is 11.1 Å². The molecule has 2 aromatic carbocycles. The Kier molecular flexibility index (Phi) is 7.53. The van der Waals surface area contributed by atoms with Crippen LogP contribution in [-0.4, -0.2) is 35.6 Å². The van der Waals surface area contributed by atoms with E-state index in [1.807, 2.05) is 73.3 Å². The van der Waals surface area contributed by atoms with Crippen molar-refractivity contribution in [3.8, 4) is 0 Å². The van der Waals surface area contributed by atoms with Crippen molar-refractivity contribution in [1.29, 1.82) is 0 Å². The maximum Gasteiger partial charge on any atom is 0.249 e. The predicted octanol–water partition coefficient (Wildman–Crippen LogP) is 3.29. The maximum atomic E-state index is 13.1. The first-order valence-corrected chi connectivity index (χ1v) is 9.65. The van der Waals surface area contributed by atoms with Gasteiger partial charge in [0.25, 0.3) is 0 Å². The Morgan fingerprint density at radius 3 is 2.27 bits per heavy atom.